The zero-order valence-electron chi connectivity index (χ0n) is 7.90. The van der Waals surface area contributed by atoms with Crippen LogP contribution in [0.2, 0.25) is 0 Å². The summed E-state index contributed by atoms with van der Waals surface area (Å²) in [4.78, 5) is 11.3. The van der Waals surface area contributed by atoms with Crippen molar-refractivity contribution in [2.75, 3.05) is 5.88 Å². The summed E-state index contributed by atoms with van der Waals surface area (Å²) in [6.45, 7) is 4.47. The Bertz CT molecular complexity index is 175. The molecule has 70 valence electrons. The minimum absolute atomic E-state index is 0.195. The Morgan fingerprint density at radius 2 is 2.25 bits per heavy atom. The molecule has 0 aromatic carbocycles. The van der Waals surface area contributed by atoms with E-state index in [0.29, 0.717) is 5.41 Å². The van der Waals surface area contributed by atoms with Crippen LogP contribution in [-0.4, -0.2) is 11.7 Å². The Labute approximate surface area is 79.5 Å². The van der Waals surface area contributed by atoms with Crippen LogP contribution in [0.15, 0.2) is 0 Å². The van der Waals surface area contributed by atoms with Crippen molar-refractivity contribution in [1.29, 1.82) is 0 Å². The zero-order chi connectivity index (χ0) is 9.19. The molecule has 1 atom stereocenters. The molecule has 0 bridgehead atoms. The third kappa shape index (κ3) is 2.48. The SMILES string of the molecule is CC1(C)CCCC(C(=O)CCl)C1. The Kier molecular flexibility index (Phi) is 3.16. The van der Waals surface area contributed by atoms with Gasteiger partial charge in [-0.2, -0.15) is 0 Å². The van der Waals surface area contributed by atoms with E-state index in [4.69, 9.17) is 11.6 Å². The maximum Gasteiger partial charge on any atom is 0.150 e. The second kappa shape index (κ2) is 3.78. The molecule has 1 fully saturated rings. The number of hydrogen-bond donors (Lipinski definition) is 0. The summed E-state index contributed by atoms with van der Waals surface area (Å²) in [6, 6.07) is 0. The molecule has 0 heterocycles. The van der Waals surface area contributed by atoms with Gasteiger partial charge in [0.1, 0.15) is 0 Å². The molecule has 12 heavy (non-hydrogen) atoms. The average molecular weight is 189 g/mol. The molecule has 1 nitrogen and oxygen atoms in total. The molecule has 0 saturated heterocycles. The van der Waals surface area contributed by atoms with E-state index in [2.05, 4.69) is 13.8 Å². The first-order chi connectivity index (χ1) is 5.55. The van der Waals surface area contributed by atoms with Crippen LogP contribution in [0.5, 0.6) is 0 Å². The van der Waals surface area contributed by atoms with Gasteiger partial charge in [-0.1, -0.05) is 20.3 Å². The van der Waals surface area contributed by atoms with Gasteiger partial charge in [0, 0.05) is 5.92 Å². The fourth-order valence-corrected chi connectivity index (χ4v) is 2.30. The van der Waals surface area contributed by atoms with Gasteiger partial charge in [-0.15, -0.1) is 11.6 Å². The normalized spacial score (nSPS) is 28.4. The smallest absolute Gasteiger partial charge is 0.150 e. The maximum atomic E-state index is 11.3. The van der Waals surface area contributed by atoms with Crippen LogP contribution in [-0.2, 0) is 4.79 Å². The van der Waals surface area contributed by atoms with E-state index < -0.39 is 0 Å². The van der Waals surface area contributed by atoms with Crippen molar-refractivity contribution in [1.82, 2.24) is 0 Å². The highest BCUT2D eigenvalue weighted by Gasteiger charge is 2.31. The van der Waals surface area contributed by atoms with E-state index in [0.717, 1.165) is 12.8 Å². The van der Waals surface area contributed by atoms with Crippen molar-refractivity contribution in [2.24, 2.45) is 11.3 Å². The van der Waals surface area contributed by atoms with E-state index in [1.165, 1.54) is 12.8 Å². The van der Waals surface area contributed by atoms with Gasteiger partial charge in [-0.3, -0.25) is 4.79 Å². The average Bonchev–Trinajstić information content (AvgIpc) is 2.01. The predicted octanol–water partition coefficient (Wildman–Crippen LogP) is 3.01. The summed E-state index contributed by atoms with van der Waals surface area (Å²) >= 11 is 5.53. The number of rotatable bonds is 2. The third-order valence-corrected chi connectivity index (χ3v) is 3.06. The lowest BCUT2D eigenvalue weighted by molar-refractivity contribution is -0.122. The molecule has 1 aliphatic carbocycles. The van der Waals surface area contributed by atoms with Crippen molar-refractivity contribution in [3.8, 4) is 0 Å². The topological polar surface area (TPSA) is 17.1 Å². The van der Waals surface area contributed by atoms with Crippen molar-refractivity contribution in [3.05, 3.63) is 0 Å². The summed E-state index contributed by atoms with van der Waals surface area (Å²) in [5.74, 6) is 0.677. The van der Waals surface area contributed by atoms with Crippen LogP contribution >= 0.6 is 11.6 Å². The van der Waals surface area contributed by atoms with Gasteiger partial charge in [-0.25, -0.2) is 0 Å². The Morgan fingerprint density at radius 1 is 1.58 bits per heavy atom. The first kappa shape index (κ1) is 10.0. The maximum absolute atomic E-state index is 11.3. The molecular formula is C10H17ClO. The monoisotopic (exact) mass is 188 g/mol. The highest BCUT2D eigenvalue weighted by atomic mass is 35.5. The number of hydrogen-bond acceptors (Lipinski definition) is 1. The number of alkyl halides is 1. The fourth-order valence-electron chi connectivity index (χ4n) is 2.08. The fraction of sp³-hybridized carbons (Fsp3) is 0.900. The van der Waals surface area contributed by atoms with Crippen molar-refractivity contribution >= 4 is 17.4 Å². The van der Waals surface area contributed by atoms with E-state index in [1.54, 1.807) is 0 Å². The van der Waals surface area contributed by atoms with Crippen molar-refractivity contribution < 1.29 is 4.79 Å². The third-order valence-electron chi connectivity index (χ3n) is 2.79. The molecular weight excluding hydrogens is 172 g/mol. The van der Waals surface area contributed by atoms with Gasteiger partial charge in [-0.05, 0) is 24.7 Å². The second-order valence-corrected chi connectivity index (χ2v) is 4.82. The molecule has 1 saturated carbocycles. The minimum Gasteiger partial charge on any atom is -0.298 e. The lowest BCUT2D eigenvalue weighted by Gasteiger charge is -2.34. The molecule has 0 aromatic heterocycles. The van der Waals surface area contributed by atoms with Crippen molar-refractivity contribution in [3.63, 3.8) is 0 Å². The Morgan fingerprint density at radius 3 is 2.75 bits per heavy atom. The van der Waals surface area contributed by atoms with Gasteiger partial charge >= 0.3 is 0 Å². The van der Waals surface area contributed by atoms with E-state index >= 15 is 0 Å². The van der Waals surface area contributed by atoms with E-state index in [1.807, 2.05) is 0 Å². The Balaban J connectivity index is 2.52. The van der Waals surface area contributed by atoms with Crippen LogP contribution in [0.4, 0.5) is 0 Å². The van der Waals surface area contributed by atoms with Gasteiger partial charge in [0.05, 0.1) is 5.88 Å². The Hall–Kier alpha value is -0.0400. The highest BCUT2D eigenvalue weighted by molar-refractivity contribution is 6.27. The van der Waals surface area contributed by atoms with Crippen molar-refractivity contribution in [2.45, 2.75) is 39.5 Å². The van der Waals surface area contributed by atoms with Crippen LogP contribution in [0.1, 0.15) is 39.5 Å². The largest absolute Gasteiger partial charge is 0.298 e. The van der Waals surface area contributed by atoms with E-state index in [9.17, 15) is 4.79 Å². The number of halogens is 1. The van der Waals surface area contributed by atoms with Crippen LogP contribution in [0.25, 0.3) is 0 Å². The summed E-state index contributed by atoms with van der Waals surface area (Å²) in [7, 11) is 0. The molecule has 0 aliphatic heterocycles. The molecule has 0 N–H and O–H groups in total. The minimum atomic E-state index is 0.195. The number of Topliss-reactive ketones (excluding diaryl/α,β-unsaturated/α-hetero) is 1. The molecule has 1 aliphatic rings. The van der Waals surface area contributed by atoms with Gasteiger partial charge in [0.25, 0.3) is 0 Å². The van der Waals surface area contributed by atoms with Crippen LogP contribution in [0.3, 0.4) is 0 Å². The highest BCUT2D eigenvalue weighted by Crippen LogP contribution is 2.38. The predicted molar refractivity (Wildman–Crippen MR) is 51.5 cm³/mol. The molecule has 1 rings (SSSR count). The van der Waals surface area contributed by atoms with Gasteiger partial charge < -0.3 is 0 Å². The first-order valence-electron chi connectivity index (χ1n) is 4.64. The second-order valence-electron chi connectivity index (χ2n) is 4.56. The van der Waals surface area contributed by atoms with E-state index in [-0.39, 0.29) is 17.6 Å². The summed E-state index contributed by atoms with van der Waals surface area (Å²) in [5.41, 5.74) is 0.352. The molecule has 0 amide bonds. The molecule has 0 spiro atoms. The first-order valence-corrected chi connectivity index (χ1v) is 5.17. The number of carbonyl (C=O) groups is 1. The standard InChI is InChI=1S/C10H17ClO/c1-10(2)5-3-4-8(6-10)9(12)7-11/h8H,3-7H2,1-2H3. The number of carbonyl (C=O) groups excluding carboxylic acids is 1. The van der Waals surface area contributed by atoms with Gasteiger partial charge in [0.15, 0.2) is 5.78 Å². The molecule has 0 radical (unpaired) electrons. The quantitative estimate of drug-likeness (QED) is 0.609. The number of ketones is 1. The zero-order valence-corrected chi connectivity index (χ0v) is 8.66. The summed E-state index contributed by atoms with van der Waals surface area (Å²) in [5, 5.41) is 0. The molecule has 0 aromatic rings. The molecule has 2 heteroatoms. The summed E-state index contributed by atoms with van der Waals surface area (Å²) in [6.07, 6.45) is 4.51. The van der Waals surface area contributed by atoms with Crippen LogP contribution < -0.4 is 0 Å². The van der Waals surface area contributed by atoms with Gasteiger partial charge in [0.2, 0.25) is 0 Å². The molecule has 1 unspecified atom stereocenters. The van der Waals surface area contributed by atoms with Crippen LogP contribution in [0, 0.1) is 11.3 Å². The lowest BCUT2D eigenvalue weighted by atomic mass is 9.71. The lowest BCUT2D eigenvalue weighted by Crippen LogP contribution is -2.28. The summed E-state index contributed by atoms with van der Waals surface area (Å²) < 4.78 is 0.